The van der Waals surface area contributed by atoms with Gasteiger partial charge in [-0.05, 0) is 78.3 Å². The molecule has 0 saturated heterocycles. The Morgan fingerprint density at radius 3 is 2.35 bits per heavy atom. The first-order valence-electron chi connectivity index (χ1n) is 12.7. The molecule has 1 amide bonds. The van der Waals surface area contributed by atoms with Crippen LogP contribution in [0.4, 0.5) is 11.4 Å². The molecule has 5 rings (SSSR count). The van der Waals surface area contributed by atoms with Crippen LogP contribution in [-0.4, -0.2) is 15.7 Å². The number of hydrogen-bond donors (Lipinski definition) is 3. The van der Waals surface area contributed by atoms with E-state index in [0.717, 1.165) is 59.4 Å². The molecule has 0 atom stereocenters. The van der Waals surface area contributed by atoms with E-state index in [-0.39, 0.29) is 5.91 Å². The van der Waals surface area contributed by atoms with Crippen molar-refractivity contribution in [2.75, 3.05) is 11.1 Å². The summed E-state index contributed by atoms with van der Waals surface area (Å²) in [6, 6.07) is 25.8. The van der Waals surface area contributed by atoms with E-state index in [4.69, 9.17) is 16.2 Å². The molecule has 1 heterocycles. The lowest BCUT2D eigenvalue weighted by molar-refractivity contribution is -0.116. The monoisotopic (exact) mass is 489 g/mol. The van der Waals surface area contributed by atoms with E-state index in [1.807, 2.05) is 72.8 Å². The van der Waals surface area contributed by atoms with Crippen LogP contribution in [0.25, 0.3) is 23.4 Å². The van der Waals surface area contributed by atoms with Gasteiger partial charge < -0.3 is 11.1 Å². The first kappa shape index (κ1) is 24.3. The largest absolute Gasteiger partial charge is 0.399 e. The van der Waals surface area contributed by atoms with Gasteiger partial charge in [-0.1, -0.05) is 60.7 Å². The van der Waals surface area contributed by atoms with Gasteiger partial charge in [-0.25, -0.2) is 4.68 Å². The number of carbonyl (C=O) groups excluding carboxylic acids is 1. The average molecular weight is 490 g/mol. The number of aromatic nitrogens is 2. The topological polar surface area (TPSA) is 96.8 Å². The fourth-order valence-corrected chi connectivity index (χ4v) is 4.62. The highest BCUT2D eigenvalue weighted by atomic mass is 16.1. The summed E-state index contributed by atoms with van der Waals surface area (Å²) >= 11 is 0. The van der Waals surface area contributed by atoms with Gasteiger partial charge in [0.25, 0.3) is 0 Å². The second kappa shape index (κ2) is 11.1. The smallest absolute Gasteiger partial charge is 0.224 e. The molecule has 3 aromatic carbocycles. The van der Waals surface area contributed by atoms with Crippen molar-refractivity contribution in [2.45, 2.75) is 38.6 Å². The van der Waals surface area contributed by atoms with Crippen LogP contribution in [0.3, 0.4) is 0 Å². The molecular formula is C31H31N5O. The Morgan fingerprint density at radius 2 is 1.59 bits per heavy atom. The zero-order valence-electron chi connectivity index (χ0n) is 20.8. The summed E-state index contributed by atoms with van der Waals surface area (Å²) in [5.74, 6) is -0.00593. The second-order valence-corrected chi connectivity index (χ2v) is 9.41. The molecular weight excluding hydrogens is 458 g/mol. The summed E-state index contributed by atoms with van der Waals surface area (Å²) in [4.78, 5) is 12.4. The molecule has 1 aliphatic carbocycles. The van der Waals surface area contributed by atoms with Crippen LogP contribution in [0.15, 0.2) is 78.9 Å². The number of hydrogen-bond acceptors (Lipinski definition) is 4. The van der Waals surface area contributed by atoms with E-state index in [1.54, 1.807) is 4.68 Å². The number of rotatable bonds is 8. The van der Waals surface area contributed by atoms with Gasteiger partial charge in [0.2, 0.25) is 5.91 Å². The number of nitrogens with one attached hydrogen (secondary N) is 2. The fourth-order valence-electron chi connectivity index (χ4n) is 4.62. The lowest BCUT2D eigenvalue weighted by Gasteiger charge is -2.20. The van der Waals surface area contributed by atoms with E-state index >= 15 is 0 Å². The molecule has 37 heavy (non-hydrogen) atoms. The lowest BCUT2D eigenvalue weighted by atomic mass is 9.89. The Hall–Kier alpha value is -4.45. The molecule has 1 aromatic heterocycles. The predicted octanol–water partition coefficient (Wildman–Crippen LogP) is 5.69. The van der Waals surface area contributed by atoms with Crippen molar-refractivity contribution in [2.24, 2.45) is 0 Å². The molecule has 4 N–H and O–H groups in total. The number of fused-ring (bicyclic) bond motifs is 3. The molecule has 0 unspecified atom stereocenters. The molecule has 0 radical (unpaired) electrons. The van der Waals surface area contributed by atoms with Gasteiger partial charge in [0, 0.05) is 29.9 Å². The van der Waals surface area contributed by atoms with Crippen molar-refractivity contribution in [3.8, 4) is 11.3 Å². The zero-order valence-corrected chi connectivity index (χ0v) is 20.8. The number of carbonyl (C=O) groups is 1. The van der Waals surface area contributed by atoms with Crippen LogP contribution in [0.2, 0.25) is 0 Å². The Bertz CT molecular complexity index is 1480. The van der Waals surface area contributed by atoms with Crippen LogP contribution < -0.4 is 16.5 Å². The molecule has 4 aromatic rings. The van der Waals surface area contributed by atoms with Crippen LogP contribution in [0, 0.1) is 5.41 Å². The van der Waals surface area contributed by atoms with E-state index in [2.05, 4.69) is 23.5 Å². The van der Waals surface area contributed by atoms with Gasteiger partial charge in [0.1, 0.15) is 5.49 Å². The summed E-state index contributed by atoms with van der Waals surface area (Å²) in [6.07, 6.45) is 7.92. The van der Waals surface area contributed by atoms with E-state index < -0.39 is 0 Å². The highest BCUT2D eigenvalue weighted by Gasteiger charge is 2.18. The van der Waals surface area contributed by atoms with E-state index in [9.17, 15) is 4.79 Å². The minimum absolute atomic E-state index is 0.00593. The van der Waals surface area contributed by atoms with E-state index in [0.29, 0.717) is 18.5 Å². The minimum Gasteiger partial charge on any atom is -0.399 e. The van der Waals surface area contributed by atoms with Gasteiger partial charge in [-0.3, -0.25) is 10.2 Å². The van der Waals surface area contributed by atoms with Gasteiger partial charge in [0.15, 0.2) is 0 Å². The molecule has 0 fully saturated rings. The highest BCUT2D eigenvalue weighted by Crippen LogP contribution is 2.30. The predicted molar refractivity (Wildman–Crippen MR) is 150 cm³/mol. The van der Waals surface area contributed by atoms with Crippen molar-refractivity contribution in [3.05, 3.63) is 107 Å². The van der Waals surface area contributed by atoms with Gasteiger partial charge in [-0.2, -0.15) is 5.10 Å². The summed E-state index contributed by atoms with van der Waals surface area (Å²) < 4.78 is 1.76. The Labute approximate surface area is 217 Å². The number of benzene rings is 3. The average Bonchev–Trinajstić information content (AvgIpc) is 2.91. The maximum absolute atomic E-state index is 12.4. The Morgan fingerprint density at radius 1 is 0.919 bits per heavy atom. The van der Waals surface area contributed by atoms with Crippen LogP contribution in [0.5, 0.6) is 0 Å². The number of nitrogens with two attached hydrogens (primary N) is 1. The minimum atomic E-state index is -0.00593. The lowest BCUT2D eigenvalue weighted by Crippen LogP contribution is -2.26. The third-order valence-corrected chi connectivity index (χ3v) is 6.67. The first-order chi connectivity index (χ1) is 18.0. The van der Waals surface area contributed by atoms with Crippen molar-refractivity contribution in [1.29, 1.82) is 5.41 Å². The molecule has 0 aliphatic heterocycles. The van der Waals surface area contributed by atoms with Crippen LogP contribution >= 0.6 is 0 Å². The molecule has 1 aliphatic rings. The summed E-state index contributed by atoms with van der Waals surface area (Å²) in [5.41, 5.74) is 14.4. The SMILES string of the molecule is N=c1cc2c(nn1CCCCC(=O)Nc1ccc(C=Cc3ccc(N)cc3)cc1)-c1ccccc1CC2. The number of unbranched alkanes of at least 4 members (excludes halogenated alkanes) is 1. The number of nitrogens with zero attached hydrogens (tertiary/aromatic N) is 2. The first-order valence-corrected chi connectivity index (χ1v) is 12.7. The normalized spacial score (nSPS) is 12.2. The maximum Gasteiger partial charge on any atom is 0.224 e. The summed E-state index contributed by atoms with van der Waals surface area (Å²) in [6.45, 7) is 0.622. The Kier molecular flexibility index (Phi) is 7.26. The van der Waals surface area contributed by atoms with Crippen molar-refractivity contribution >= 4 is 29.4 Å². The van der Waals surface area contributed by atoms with Gasteiger partial charge in [0.05, 0.1) is 5.69 Å². The van der Waals surface area contributed by atoms with Gasteiger partial charge in [-0.15, -0.1) is 0 Å². The quantitative estimate of drug-likeness (QED) is 0.168. The number of aryl methyl sites for hydroxylation is 3. The summed E-state index contributed by atoms with van der Waals surface area (Å²) in [5, 5.41) is 16.2. The standard InChI is InChI=1S/C31H31N5O/c32-26-16-10-22(11-17-26)8-9-23-12-18-27(19-13-23)34-30(37)7-3-4-20-36-29(33)21-25-15-14-24-5-1-2-6-28(24)31(25)35-36/h1-2,5-6,8-13,16-19,21,33H,3-4,7,14-15,20,32H2,(H,34,37). The van der Waals surface area contributed by atoms with Gasteiger partial charge >= 0.3 is 0 Å². The van der Waals surface area contributed by atoms with E-state index in [1.165, 1.54) is 11.1 Å². The Balaban J connectivity index is 1.11. The molecule has 0 saturated carbocycles. The molecule has 186 valence electrons. The number of amides is 1. The molecule has 6 heteroatoms. The van der Waals surface area contributed by atoms with Crippen molar-refractivity contribution < 1.29 is 4.79 Å². The third kappa shape index (κ3) is 6.04. The molecule has 6 nitrogen and oxygen atoms in total. The third-order valence-electron chi connectivity index (χ3n) is 6.67. The second-order valence-electron chi connectivity index (χ2n) is 9.41. The summed E-state index contributed by atoms with van der Waals surface area (Å²) in [7, 11) is 0. The van der Waals surface area contributed by atoms with Crippen LogP contribution in [0.1, 0.15) is 41.5 Å². The zero-order chi connectivity index (χ0) is 25.6. The van der Waals surface area contributed by atoms with Crippen molar-refractivity contribution in [1.82, 2.24) is 9.78 Å². The van der Waals surface area contributed by atoms with Crippen molar-refractivity contribution in [3.63, 3.8) is 0 Å². The number of nitrogen functional groups attached to an aromatic ring is 1. The maximum atomic E-state index is 12.4. The van der Waals surface area contributed by atoms with Crippen LogP contribution in [-0.2, 0) is 24.2 Å². The number of anilines is 2. The highest BCUT2D eigenvalue weighted by molar-refractivity contribution is 5.90. The fraction of sp³-hybridized carbons (Fsp3) is 0.194. The molecule has 0 bridgehead atoms. The molecule has 0 spiro atoms.